The molecule has 6 nitrogen and oxygen atoms in total. The van der Waals surface area contributed by atoms with Crippen molar-refractivity contribution in [3.63, 3.8) is 0 Å². The number of hydrogen-bond donors (Lipinski definition) is 0. The molecule has 1 heterocycles. The summed E-state index contributed by atoms with van der Waals surface area (Å²) in [5.74, 6) is 2.51. The van der Waals surface area contributed by atoms with Crippen molar-refractivity contribution >= 4 is 23.2 Å². The molecule has 7 heteroatoms. The van der Waals surface area contributed by atoms with Gasteiger partial charge in [-0.1, -0.05) is 105 Å². The molecule has 0 aliphatic heterocycles. The van der Waals surface area contributed by atoms with E-state index in [9.17, 15) is 0 Å². The number of aliphatic imine (C=N–C) groups is 1. The van der Waals surface area contributed by atoms with Gasteiger partial charge in [0.1, 0.15) is 24.5 Å². The van der Waals surface area contributed by atoms with Crippen LogP contribution >= 0.6 is 0 Å². The van der Waals surface area contributed by atoms with E-state index in [1.54, 1.807) is 0 Å². The molecule has 0 amide bonds. The van der Waals surface area contributed by atoms with Crippen molar-refractivity contribution in [2.24, 2.45) is 4.99 Å². The SMILES string of the molecule is CC(=O)[O-].CC(C)c1cccc(C(C)C)c1N=C([N-]c1c(C(C)C)cccc1C(C)C)c1n(C2CCCCC2)cc[n+]1C1CCCCC1.[Cu+]. The molecule has 0 bridgehead atoms. The maximum Gasteiger partial charge on any atom is 1.00 e. The number of benzene rings is 2. The van der Waals surface area contributed by atoms with Crippen molar-refractivity contribution in [1.82, 2.24) is 4.57 Å². The zero-order valence-electron chi connectivity index (χ0n) is 31.6. The van der Waals surface area contributed by atoms with Crippen LogP contribution in [0.1, 0.15) is 190 Å². The fourth-order valence-electron chi connectivity index (χ4n) is 7.58. The molecule has 2 aliphatic carbocycles. The fourth-order valence-corrected chi connectivity index (χ4v) is 7.58. The molecule has 0 atom stereocenters. The van der Waals surface area contributed by atoms with Crippen LogP contribution < -0.4 is 9.67 Å². The fraction of sp³-hybridized carbons (Fsp3) is 0.595. The molecule has 0 saturated heterocycles. The number of carbonyl (C=O) groups is 1. The van der Waals surface area contributed by atoms with Gasteiger partial charge in [0.05, 0.1) is 0 Å². The minimum absolute atomic E-state index is 0. The zero-order valence-corrected chi connectivity index (χ0v) is 32.5. The minimum atomic E-state index is -1.08. The van der Waals surface area contributed by atoms with Crippen molar-refractivity contribution < 1.29 is 31.5 Å². The van der Waals surface area contributed by atoms with Crippen molar-refractivity contribution in [1.29, 1.82) is 0 Å². The number of nitrogens with zero attached hydrogens (tertiary/aromatic N) is 4. The van der Waals surface area contributed by atoms with Crippen LogP contribution in [0.25, 0.3) is 5.32 Å². The summed E-state index contributed by atoms with van der Waals surface area (Å²) in [5, 5.41) is 14.6. The molecule has 5 rings (SSSR count). The third-order valence-electron chi connectivity index (χ3n) is 10.1. The predicted octanol–water partition coefficient (Wildman–Crippen LogP) is 10.8. The number of rotatable bonds is 9. The van der Waals surface area contributed by atoms with E-state index in [0.29, 0.717) is 35.8 Å². The van der Waals surface area contributed by atoms with Crippen molar-refractivity contribution in [3.05, 3.63) is 82.2 Å². The summed E-state index contributed by atoms with van der Waals surface area (Å²) in [6.07, 6.45) is 17.6. The number of aliphatic carboxylic acids is 1. The summed E-state index contributed by atoms with van der Waals surface area (Å²) in [7, 11) is 0. The topological polar surface area (TPSA) is 75.4 Å². The molecule has 0 N–H and O–H groups in total. The molecule has 0 spiro atoms. The summed E-state index contributed by atoms with van der Waals surface area (Å²) in [4.78, 5) is 14.6. The van der Waals surface area contributed by atoms with E-state index in [0.717, 1.165) is 24.1 Å². The second-order valence-corrected chi connectivity index (χ2v) is 15.2. The smallest absolute Gasteiger partial charge is 0.550 e. The summed E-state index contributed by atoms with van der Waals surface area (Å²) in [5.41, 5.74) is 7.48. The van der Waals surface area contributed by atoms with E-state index in [-0.39, 0.29) is 17.1 Å². The first-order valence-electron chi connectivity index (χ1n) is 18.8. The number of carboxylic acids is 1. The number of carbonyl (C=O) groups excluding carboxylic acids is 1. The van der Waals surface area contributed by atoms with Crippen LogP contribution in [0.2, 0.25) is 0 Å². The molecular formula is C42H61CuN4O2. The first-order valence-corrected chi connectivity index (χ1v) is 18.8. The Balaban J connectivity index is 0.00000123. The molecule has 3 aromatic rings. The van der Waals surface area contributed by atoms with E-state index >= 15 is 0 Å². The maximum atomic E-state index is 8.89. The zero-order chi connectivity index (χ0) is 35.0. The standard InChI is InChI=1S/C40H58N4.C2H4O2.Cu/c1-27(2)33-21-15-22-34(28(3)4)37(33)41-39(42-38-35(29(5)6)23-16-24-36(38)30(7)8)40-43(31-17-11-9-12-18-31)25-26-44(40)32-19-13-10-14-20-32;1-2(3)4;/h15-16,21-32H,9-14,17-20H2,1-8H3;1H3,(H,3,4);/q;;+1/p-1. The van der Waals surface area contributed by atoms with Crippen molar-refractivity contribution in [2.45, 2.75) is 162 Å². The second-order valence-electron chi connectivity index (χ2n) is 15.2. The Bertz CT molecular complexity index is 1430. The van der Waals surface area contributed by atoms with Gasteiger partial charge in [-0.05, 0) is 116 Å². The number of hydrogen-bond acceptors (Lipinski definition) is 3. The van der Waals surface area contributed by atoms with E-state index in [1.165, 1.54) is 92.3 Å². The molecule has 2 aromatic carbocycles. The molecule has 0 unspecified atom stereocenters. The van der Waals surface area contributed by atoms with Gasteiger partial charge in [0, 0.05) is 11.8 Å². The molecule has 1 aromatic heterocycles. The van der Waals surface area contributed by atoms with E-state index in [4.69, 9.17) is 20.2 Å². The Labute approximate surface area is 307 Å². The van der Waals surface area contributed by atoms with Gasteiger partial charge in [-0.25, -0.2) is 9.13 Å². The first kappa shape index (κ1) is 40.5. The number of carboxylic acid groups (broad SMARTS) is 1. The summed E-state index contributed by atoms with van der Waals surface area (Å²) >= 11 is 0. The first-order chi connectivity index (χ1) is 22.9. The Morgan fingerprint density at radius 1 is 0.755 bits per heavy atom. The Morgan fingerprint density at radius 3 is 1.63 bits per heavy atom. The average molecular weight is 718 g/mol. The summed E-state index contributed by atoms with van der Waals surface area (Å²) in [6, 6.07) is 14.6. The number of imidazole rings is 1. The van der Waals surface area contributed by atoms with Gasteiger partial charge < -0.3 is 20.2 Å². The second kappa shape index (κ2) is 18.9. The summed E-state index contributed by atoms with van der Waals surface area (Å²) in [6.45, 7) is 19.4. The predicted molar refractivity (Wildman–Crippen MR) is 198 cm³/mol. The van der Waals surface area contributed by atoms with Gasteiger partial charge in [-0.2, -0.15) is 0 Å². The van der Waals surface area contributed by atoms with Crippen LogP contribution in [0.4, 0.5) is 11.4 Å². The number of para-hydroxylation sites is 2. The van der Waals surface area contributed by atoms with Gasteiger partial charge >= 0.3 is 17.1 Å². The summed E-state index contributed by atoms with van der Waals surface area (Å²) < 4.78 is 5.19. The van der Waals surface area contributed by atoms with E-state index in [2.05, 4.69) is 113 Å². The maximum absolute atomic E-state index is 8.89. The van der Waals surface area contributed by atoms with Crippen LogP contribution in [0.5, 0.6) is 0 Å². The Hall–Kier alpha value is -2.89. The molecule has 0 radical (unpaired) electrons. The van der Waals surface area contributed by atoms with Crippen LogP contribution in [-0.2, 0) is 21.9 Å². The molecule has 49 heavy (non-hydrogen) atoms. The van der Waals surface area contributed by atoms with Crippen molar-refractivity contribution in [2.75, 3.05) is 0 Å². The molecule has 272 valence electrons. The third kappa shape index (κ3) is 10.3. The van der Waals surface area contributed by atoms with Gasteiger partial charge in [0.15, 0.2) is 0 Å². The molecule has 2 fully saturated rings. The normalized spacial score (nSPS) is 16.1. The number of amidine groups is 1. The largest absolute Gasteiger partial charge is 1.00 e. The Morgan fingerprint density at radius 2 is 1.18 bits per heavy atom. The molecule has 2 aliphatic rings. The van der Waals surface area contributed by atoms with Crippen LogP contribution in [0.3, 0.4) is 0 Å². The molecule has 2 saturated carbocycles. The number of aromatic nitrogens is 2. The average Bonchev–Trinajstić information content (AvgIpc) is 3.50. The Kier molecular flexibility index (Phi) is 15.7. The van der Waals surface area contributed by atoms with Crippen LogP contribution in [-0.4, -0.2) is 16.4 Å². The quantitative estimate of drug-likeness (QED) is 0.0956. The van der Waals surface area contributed by atoms with E-state index in [1.807, 2.05) is 0 Å². The van der Waals surface area contributed by atoms with Gasteiger partial charge in [-0.15, -0.1) is 0 Å². The monoisotopic (exact) mass is 716 g/mol. The van der Waals surface area contributed by atoms with Gasteiger partial charge in [0.25, 0.3) is 5.82 Å². The van der Waals surface area contributed by atoms with Crippen LogP contribution in [0.15, 0.2) is 53.8 Å². The van der Waals surface area contributed by atoms with Gasteiger partial charge in [0.2, 0.25) is 0 Å². The van der Waals surface area contributed by atoms with E-state index < -0.39 is 5.97 Å². The molecular weight excluding hydrogens is 656 g/mol. The van der Waals surface area contributed by atoms with Gasteiger partial charge in [-0.3, -0.25) is 0 Å². The third-order valence-corrected chi connectivity index (χ3v) is 10.1. The minimum Gasteiger partial charge on any atom is -0.550 e. The van der Waals surface area contributed by atoms with Crippen LogP contribution in [0, 0.1) is 0 Å². The van der Waals surface area contributed by atoms with Crippen molar-refractivity contribution in [3.8, 4) is 0 Å².